The molecule has 3 rings (SSSR count). The third kappa shape index (κ3) is 4.23. The first-order chi connectivity index (χ1) is 13.0. The van der Waals surface area contributed by atoms with Gasteiger partial charge in [0, 0.05) is 12.3 Å². The van der Waals surface area contributed by atoms with Gasteiger partial charge >= 0.3 is 5.97 Å². The van der Waals surface area contributed by atoms with Gasteiger partial charge in [-0.15, -0.1) is 0 Å². The Morgan fingerprint density at radius 1 is 1.30 bits per heavy atom. The van der Waals surface area contributed by atoms with Gasteiger partial charge < -0.3 is 19.5 Å². The molecule has 1 aromatic carbocycles. The second-order valence-corrected chi connectivity index (χ2v) is 5.59. The number of anilines is 1. The van der Waals surface area contributed by atoms with E-state index in [1.54, 1.807) is 6.07 Å². The van der Waals surface area contributed by atoms with E-state index in [0.717, 1.165) is 12.1 Å². The summed E-state index contributed by atoms with van der Waals surface area (Å²) in [7, 11) is 0. The average molecular weight is 394 g/mol. The predicted molar refractivity (Wildman–Crippen MR) is 92.2 cm³/mol. The van der Waals surface area contributed by atoms with Crippen molar-refractivity contribution in [2.45, 2.75) is 0 Å². The third-order valence-electron chi connectivity index (χ3n) is 3.44. The smallest absolute Gasteiger partial charge is 0.345 e. The number of fused-ring (bicyclic) bond motifs is 1. The maximum Gasteiger partial charge on any atom is 0.345 e. The van der Waals surface area contributed by atoms with Crippen LogP contribution in [-0.2, 0) is 9.53 Å². The van der Waals surface area contributed by atoms with E-state index in [-0.39, 0.29) is 41.1 Å². The number of hydrogen-bond acceptors (Lipinski definition) is 8. The first-order valence-electron chi connectivity index (χ1n) is 7.61. The minimum absolute atomic E-state index is 0.0691. The van der Waals surface area contributed by atoms with Gasteiger partial charge in [-0.1, -0.05) is 11.6 Å². The lowest BCUT2D eigenvalue weighted by molar-refractivity contribution is -0.385. The zero-order chi connectivity index (χ0) is 19.4. The Labute approximate surface area is 157 Å². The van der Waals surface area contributed by atoms with Crippen molar-refractivity contribution in [2.75, 3.05) is 25.1 Å². The first kappa shape index (κ1) is 18.4. The second kappa shape index (κ2) is 7.87. The monoisotopic (exact) mass is 393 g/mol. The van der Waals surface area contributed by atoms with E-state index < -0.39 is 29.1 Å². The van der Waals surface area contributed by atoms with Crippen LogP contribution in [-0.4, -0.2) is 41.6 Å². The highest BCUT2D eigenvalue weighted by Crippen LogP contribution is 2.36. The maximum absolute atomic E-state index is 12.2. The van der Waals surface area contributed by atoms with Gasteiger partial charge in [-0.3, -0.25) is 14.9 Å². The van der Waals surface area contributed by atoms with Crippen LogP contribution in [0.15, 0.2) is 30.5 Å². The molecule has 0 bridgehead atoms. The SMILES string of the molecule is O=C(COC(=O)c1cc2c(cc1[N+](=O)[O-])OCCO2)Nc1cccnc1Cl. The van der Waals surface area contributed by atoms with Crippen LogP contribution in [0.5, 0.6) is 11.5 Å². The Balaban J connectivity index is 1.71. The first-order valence-corrected chi connectivity index (χ1v) is 7.99. The van der Waals surface area contributed by atoms with Crippen molar-refractivity contribution < 1.29 is 28.7 Å². The molecule has 1 aromatic heterocycles. The van der Waals surface area contributed by atoms with Crippen molar-refractivity contribution in [1.82, 2.24) is 4.98 Å². The quantitative estimate of drug-likeness (QED) is 0.354. The van der Waals surface area contributed by atoms with E-state index >= 15 is 0 Å². The number of carbonyl (C=O) groups is 2. The summed E-state index contributed by atoms with van der Waals surface area (Å²) >= 11 is 5.82. The molecule has 1 N–H and O–H groups in total. The number of benzene rings is 1. The molecule has 0 fully saturated rings. The fraction of sp³-hybridized carbons (Fsp3) is 0.188. The van der Waals surface area contributed by atoms with Gasteiger partial charge in [-0.25, -0.2) is 9.78 Å². The highest BCUT2D eigenvalue weighted by atomic mass is 35.5. The number of nitrogens with zero attached hydrogens (tertiary/aromatic N) is 2. The molecule has 0 atom stereocenters. The molecular formula is C16H12ClN3O7. The Hall–Kier alpha value is -3.40. The van der Waals surface area contributed by atoms with Crippen LogP contribution in [0.1, 0.15) is 10.4 Å². The topological polar surface area (TPSA) is 130 Å². The van der Waals surface area contributed by atoms with Crippen LogP contribution in [0.25, 0.3) is 0 Å². The van der Waals surface area contributed by atoms with Crippen LogP contribution < -0.4 is 14.8 Å². The average Bonchev–Trinajstić information content (AvgIpc) is 2.66. The van der Waals surface area contributed by atoms with E-state index in [0.29, 0.717) is 0 Å². The van der Waals surface area contributed by atoms with Gasteiger partial charge in [0.1, 0.15) is 18.8 Å². The molecule has 27 heavy (non-hydrogen) atoms. The lowest BCUT2D eigenvalue weighted by Gasteiger charge is -2.18. The maximum atomic E-state index is 12.2. The number of nitro groups is 1. The second-order valence-electron chi connectivity index (χ2n) is 5.24. The molecule has 1 aliphatic rings. The fourth-order valence-electron chi connectivity index (χ4n) is 2.27. The number of amides is 1. The molecule has 10 nitrogen and oxygen atoms in total. The molecule has 2 aromatic rings. The summed E-state index contributed by atoms with van der Waals surface area (Å²) in [6, 6.07) is 5.32. The Bertz CT molecular complexity index is 919. The van der Waals surface area contributed by atoms with Gasteiger partial charge in [0.2, 0.25) is 0 Å². The number of hydrogen-bond donors (Lipinski definition) is 1. The van der Waals surface area contributed by atoms with Gasteiger partial charge in [-0.05, 0) is 12.1 Å². The van der Waals surface area contributed by atoms with E-state index in [1.165, 1.54) is 12.3 Å². The number of esters is 1. The fourth-order valence-corrected chi connectivity index (χ4v) is 2.43. The lowest BCUT2D eigenvalue weighted by Crippen LogP contribution is -2.22. The standard InChI is InChI=1S/C16H12ClN3O7/c17-15-10(2-1-3-18-15)19-14(21)8-27-16(22)9-6-12-13(26-5-4-25-12)7-11(9)20(23)24/h1-3,6-7H,4-5,8H2,(H,19,21). The van der Waals surface area contributed by atoms with E-state index in [9.17, 15) is 19.7 Å². The Kier molecular flexibility index (Phi) is 5.36. The summed E-state index contributed by atoms with van der Waals surface area (Å²) in [4.78, 5) is 38.4. The molecule has 0 saturated heterocycles. The van der Waals surface area contributed by atoms with Crippen molar-refractivity contribution in [3.63, 3.8) is 0 Å². The van der Waals surface area contributed by atoms with Gasteiger partial charge in [0.05, 0.1) is 16.7 Å². The van der Waals surface area contributed by atoms with Crippen molar-refractivity contribution in [2.24, 2.45) is 0 Å². The summed E-state index contributed by atoms with van der Waals surface area (Å²) in [6.07, 6.45) is 1.44. The number of nitro benzene ring substituents is 1. The molecule has 0 spiro atoms. The number of aromatic nitrogens is 1. The summed E-state index contributed by atoms with van der Waals surface area (Å²) in [5.41, 5.74) is -0.623. The predicted octanol–water partition coefficient (Wildman–Crippen LogP) is 2.21. The van der Waals surface area contributed by atoms with Gasteiger partial charge in [0.15, 0.2) is 23.3 Å². The summed E-state index contributed by atoms with van der Waals surface area (Å²) < 4.78 is 15.4. The van der Waals surface area contributed by atoms with Crippen LogP contribution in [0.3, 0.4) is 0 Å². The van der Waals surface area contributed by atoms with Crippen molar-refractivity contribution in [1.29, 1.82) is 0 Å². The van der Waals surface area contributed by atoms with E-state index in [2.05, 4.69) is 10.3 Å². The molecule has 140 valence electrons. The van der Waals surface area contributed by atoms with Crippen LogP contribution in [0.2, 0.25) is 5.15 Å². The Morgan fingerprint density at radius 2 is 2.00 bits per heavy atom. The highest BCUT2D eigenvalue weighted by Gasteiger charge is 2.27. The van der Waals surface area contributed by atoms with Crippen molar-refractivity contribution in [3.05, 3.63) is 51.3 Å². The highest BCUT2D eigenvalue weighted by molar-refractivity contribution is 6.32. The zero-order valence-corrected chi connectivity index (χ0v) is 14.4. The van der Waals surface area contributed by atoms with Crippen LogP contribution >= 0.6 is 11.6 Å². The van der Waals surface area contributed by atoms with Crippen LogP contribution in [0, 0.1) is 10.1 Å². The number of rotatable bonds is 5. The van der Waals surface area contributed by atoms with Crippen molar-refractivity contribution >= 4 is 34.9 Å². The zero-order valence-electron chi connectivity index (χ0n) is 13.6. The summed E-state index contributed by atoms with van der Waals surface area (Å²) in [5.74, 6) is -1.39. The third-order valence-corrected chi connectivity index (χ3v) is 3.75. The Morgan fingerprint density at radius 3 is 2.67 bits per heavy atom. The molecular weight excluding hydrogens is 382 g/mol. The molecule has 0 saturated carbocycles. The molecule has 0 aliphatic carbocycles. The van der Waals surface area contributed by atoms with E-state index in [1.807, 2.05) is 0 Å². The van der Waals surface area contributed by atoms with Gasteiger partial charge in [-0.2, -0.15) is 0 Å². The molecule has 1 aliphatic heterocycles. The molecule has 0 radical (unpaired) electrons. The number of nitrogens with one attached hydrogen (secondary N) is 1. The number of carbonyl (C=O) groups excluding carboxylic acids is 2. The molecule has 1 amide bonds. The minimum atomic E-state index is -1.05. The summed E-state index contributed by atoms with van der Waals surface area (Å²) in [5, 5.41) is 13.7. The summed E-state index contributed by atoms with van der Waals surface area (Å²) in [6.45, 7) is -0.186. The van der Waals surface area contributed by atoms with Crippen LogP contribution in [0.4, 0.5) is 11.4 Å². The number of pyridine rings is 1. The lowest BCUT2D eigenvalue weighted by atomic mass is 10.1. The number of ether oxygens (including phenoxy) is 3. The van der Waals surface area contributed by atoms with Gasteiger partial charge in [0.25, 0.3) is 11.6 Å². The number of halogens is 1. The molecule has 2 heterocycles. The van der Waals surface area contributed by atoms with E-state index in [4.69, 9.17) is 25.8 Å². The normalized spacial score (nSPS) is 12.2. The minimum Gasteiger partial charge on any atom is -0.486 e. The van der Waals surface area contributed by atoms with Crippen molar-refractivity contribution in [3.8, 4) is 11.5 Å². The largest absolute Gasteiger partial charge is 0.486 e. The molecule has 0 unspecified atom stereocenters. The molecule has 11 heteroatoms.